The van der Waals surface area contributed by atoms with Crippen molar-refractivity contribution in [1.82, 2.24) is 10.6 Å². The Balaban J connectivity index is 1.28. The largest absolute Gasteiger partial charge is 0.460 e. The third-order valence-corrected chi connectivity index (χ3v) is 15.9. The maximum absolute atomic E-state index is 14.5. The van der Waals surface area contributed by atoms with E-state index in [4.69, 9.17) is 18.9 Å². The van der Waals surface area contributed by atoms with Gasteiger partial charge in [-0.1, -0.05) is 27.7 Å². The van der Waals surface area contributed by atoms with Gasteiger partial charge in [-0.3, -0.25) is 0 Å². The van der Waals surface area contributed by atoms with Gasteiger partial charge in [0.15, 0.2) is 0 Å². The fourth-order valence-corrected chi connectivity index (χ4v) is 13.4. The minimum Gasteiger partial charge on any atom is -0.460 e. The smallest absolute Gasteiger partial charge is 0.408 e. The summed E-state index contributed by atoms with van der Waals surface area (Å²) in [4.78, 5) is 39.9. The highest BCUT2D eigenvalue weighted by Gasteiger charge is 2.84. The van der Waals surface area contributed by atoms with Gasteiger partial charge < -0.3 is 44.9 Å². The Hall–Kier alpha value is -2.15. The number of carbonyl (C=O) groups excluding carboxylic acids is 3. The Morgan fingerprint density at radius 2 is 1.48 bits per heavy atom. The second-order valence-corrected chi connectivity index (χ2v) is 22.4. The molecule has 1 aliphatic heterocycles. The van der Waals surface area contributed by atoms with E-state index in [0.29, 0.717) is 25.7 Å². The molecule has 13 atom stereocenters. The van der Waals surface area contributed by atoms with Crippen LogP contribution in [0.4, 0.5) is 9.59 Å². The standard InChI is InChI=1S/C44H74N2O10/c1-37(2,3)55-35(50)45-21-13-14-25(46-36(51)56-38(4,5)6)34(49)54-28-23-42(12)29-22-26(47)33-39(7,8)30(48)17-18-44(33)24-43(29,44)20-19-41(42,11)32(28)27-15-16-31(53-27)40(9,10)52/h25-33,47-48,52H,13-24H2,1-12H3,(H,45,50)(H,46,51)/t25-,26-,27?,28-,29?,30-,31-,32-,33-,41+,42-,43?,44+/m0/s1. The number of aliphatic hydroxyl groups excluding tert-OH is 2. The van der Waals surface area contributed by atoms with Crippen molar-refractivity contribution in [3.63, 3.8) is 0 Å². The van der Waals surface area contributed by atoms with E-state index in [9.17, 15) is 29.7 Å². The topological polar surface area (TPSA) is 173 Å². The van der Waals surface area contributed by atoms with Gasteiger partial charge in [-0.15, -0.1) is 0 Å². The summed E-state index contributed by atoms with van der Waals surface area (Å²) in [6, 6.07) is -1.03. The predicted molar refractivity (Wildman–Crippen MR) is 210 cm³/mol. The number of esters is 1. The Kier molecular flexibility index (Phi) is 11.1. The molecule has 320 valence electrons. The Labute approximate surface area is 335 Å². The summed E-state index contributed by atoms with van der Waals surface area (Å²) in [5.41, 5.74) is -3.42. The maximum atomic E-state index is 14.5. The molecule has 1 saturated heterocycles. The van der Waals surface area contributed by atoms with Crippen molar-refractivity contribution in [1.29, 1.82) is 0 Å². The highest BCUT2D eigenvalue weighted by Crippen LogP contribution is 2.89. The summed E-state index contributed by atoms with van der Waals surface area (Å²) < 4.78 is 24.3. The molecule has 6 fully saturated rings. The van der Waals surface area contributed by atoms with Gasteiger partial charge in [-0.2, -0.15) is 0 Å². The van der Waals surface area contributed by atoms with Gasteiger partial charge in [0, 0.05) is 12.5 Å². The van der Waals surface area contributed by atoms with Gasteiger partial charge in [0.2, 0.25) is 0 Å². The first-order chi connectivity index (χ1) is 25.6. The zero-order chi connectivity index (χ0) is 41.7. The second kappa shape index (κ2) is 14.3. The first-order valence-corrected chi connectivity index (χ1v) is 21.5. The molecule has 5 aliphatic carbocycles. The molecule has 3 unspecified atom stereocenters. The number of hydrogen-bond acceptors (Lipinski definition) is 10. The maximum Gasteiger partial charge on any atom is 0.408 e. The van der Waals surface area contributed by atoms with Crippen LogP contribution in [0.5, 0.6) is 0 Å². The molecule has 5 N–H and O–H groups in total. The molecular weight excluding hydrogens is 716 g/mol. The number of carbonyl (C=O) groups is 3. The molecule has 12 nitrogen and oxygen atoms in total. The van der Waals surface area contributed by atoms with E-state index >= 15 is 0 Å². The van der Waals surface area contributed by atoms with Gasteiger partial charge in [-0.05, 0) is 165 Å². The third kappa shape index (κ3) is 7.48. The zero-order valence-corrected chi connectivity index (χ0v) is 36.4. The normalized spacial score (nSPS) is 41.9. The van der Waals surface area contributed by atoms with Crippen LogP contribution >= 0.6 is 0 Å². The first kappa shape index (κ1) is 43.4. The van der Waals surface area contributed by atoms with E-state index in [1.165, 1.54) is 0 Å². The van der Waals surface area contributed by atoms with E-state index in [0.717, 1.165) is 38.5 Å². The van der Waals surface area contributed by atoms with Crippen molar-refractivity contribution in [2.45, 2.75) is 207 Å². The molecule has 0 aromatic carbocycles. The van der Waals surface area contributed by atoms with Crippen molar-refractivity contribution in [3.05, 3.63) is 0 Å². The zero-order valence-electron chi connectivity index (χ0n) is 36.4. The predicted octanol–water partition coefficient (Wildman–Crippen LogP) is 6.80. The molecular formula is C44H74N2O10. The van der Waals surface area contributed by atoms with Gasteiger partial charge in [0.1, 0.15) is 23.3 Å². The van der Waals surface area contributed by atoms with Crippen molar-refractivity contribution < 1.29 is 48.7 Å². The summed E-state index contributed by atoms with van der Waals surface area (Å²) >= 11 is 0. The molecule has 2 spiro atoms. The minimum atomic E-state index is -1.03. The number of amides is 2. The molecule has 0 aromatic rings. The van der Waals surface area contributed by atoms with Crippen LogP contribution in [-0.2, 0) is 23.7 Å². The number of rotatable bonds is 9. The van der Waals surface area contributed by atoms with Crippen molar-refractivity contribution >= 4 is 18.2 Å². The number of hydrogen-bond donors (Lipinski definition) is 5. The monoisotopic (exact) mass is 791 g/mol. The van der Waals surface area contributed by atoms with Gasteiger partial charge in [0.05, 0.1) is 30.0 Å². The van der Waals surface area contributed by atoms with E-state index in [2.05, 4.69) is 38.3 Å². The Morgan fingerprint density at radius 3 is 2.09 bits per heavy atom. The SMILES string of the molecule is CC(C)(C)OC(=O)NCCC[C@H](NC(=O)OC(C)(C)C)C(=O)O[C@H]1C[C@@]2(C)C3C[C@H](O)[C@H]4C(C)(C)[C@@H](O)CC[C@@]45CC35CC[C@]2(C)[C@H]1C1CC[C@@H](C(C)(C)O)O1. The van der Waals surface area contributed by atoms with Crippen LogP contribution in [0.25, 0.3) is 0 Å². The summed E-state index contributed by atoms with van der Waals surface area (Å²) in [7, 11) is 0. The molecule has 56 heavy (non-hydrogen) atoms. The van der Waals surface area contributed by atoms with E-state index in [1.807, 2.05) is 0 Å². The van der Waals surface area contributed by atoms with Crippen LogP contribution < -0.4 is 10.6 Å². The Bertz CT molecular complexity index is 1510. The number of ether oxygens (including phenoxy) is 4. The van der Waals surface area contributed by atoms with E-state index in [1.54, 1.807) is 55.4 Å². The summed E-state index contributed by atoms with van der Waals surface area (Å²) in [6.07, 6.45) is 4.50. The van der Waals surface area contributed by atoms with Crippen molar-refractivity contribution in [2.24, 2.45) is 44.8 Å². The molecule has 1 heterocycles. The average molecular weight is 791 g/mol. The average Bonchev–Trinajstić information content (AvgIpc) is 3.28. The molecule has 2 amide bonds. The lowest BCUT2D eigenvalue weighted by Gasteiger charge is -2.64. The number of aliphatic hydroxyl groups is 3. The molecule has 0 bridgehead atoms. The number of alkyl carbamates (subject to hydrolysis) is 2. The van der Waals surface area contributed by atoms with Crippen LogP contribution in [-0.4, -0.2) is 93.4 Å². The highest BCUT2D eigenvalue weighted by atomic mass is 16.6. The van der Waals surface area contributed by atoms with E-state index in [-0.39, 0.29) is 70.0 Å². The van der Waals surface area contributed by atoms with Crippen LogP contribution in [0.15, 0.2) is 0 Å². The Morgan fingerprint density at radius 1 is 0.839 bits per heavy atom. The number of nitrogens with one attached hydrogen (secondary N) is 2. The lowest BCUT2D eigenvalue weighted by atomic mass is 9.41. The molecule has 5 saturated carbocycles. The van der Waals surface area contributed by atoms with Crippen molar-refractivity contribution in [3.8, 4) is 0 Å². The van der Waals surface area contributed by atoms with Gasteiger partial charge in [0.25, 0.3) is 0 Å². The minimum absolute atomic E-state index is 0.0156. The molecule has 0 radical (unpaired) electrons. The molecule has 12 heteroatoms. The van der Waals surface area contributed by atoms with Crippen LogP contribution in [0.1, 0.15) is 154 Å². The fourth-order valence-electron chi connectivity index (χ4n) is 13.4. The van der Waals surface area contributed by atoms with Crippen molar-refractivity contribution in [2.75, 3.05) is 6.54 Å². The van der Waals surface area contributed by atoms with Gasteiger partial charge in [-0.25, -0.2) is 14.4 Å². The fraction of sp³-hybridized carbons (Fsp3) is 0.932. The highest BCUT2D eigenvalue weighted by molar-refractivity contribution is 5.81. The lowest BCUT2D eigenvalue weighted by molar-refractivity contribution is -0.203. The second-order valence-electron chi connectivity index (χ2n) is 22.4. The summed E-state index contributed by atoms with van der Waals surface area (Å²) in [6.45, 7) is 23.4. The van der Waals surface area contributed by atoms with Crippen LogP contribution in [0.2, 0.25) is 0 Å². The van der Waals surface area contributed by atoms with Crippen LogP contribution in [0.3, 0.4) is 0 Å². The molecule has 6 rings (SSSR count). The number of fused-ring (bicyclic) bond motifs is 2. The van der Waals surface area contributed by atoms with E-state index < -0.39 is 59.3 Å². The lowest BCUT2D eigenvalue weighted by Crippen LogP contribution is -2.61. The summed E-state index contributed by atoms with van der Waals surface area (Å²) in [5, 5.41) is 39.8. The third-order valence-electron chi connectivity index (χ3n) is 15.9. The first-order valence-electron chi connectivity index (χ1n) is 21.5. The molecule has 0 aromatic heterocycles. The van der Waals surface area contributed by atoms with Gasteiger partial charge >= 0.3 is 18.2 Å². The molecule has 6 aliphatic rings. The van der Waals surface area contributed by atoms with Crippen LogP contribution in [0, 0.1) is 44.8 Å². The quantitative estimate of drug-likeness (QED) is 0.0951. The summed E-state index contributed by atoms with van der Waals surface area (Å²) in [5.74, 6) is -0.510.